The van der Waals surface area contributed by atoms with E-state index in [9.17, 15) is 9.18 Å². The number of hydrogen-bond acceptors (Lipinski definition) is 4. The second kappa shape index (κ2) is 7.58. The summed E-state index contributed by atoms with van der Waals surface area (Å²) in [5.41, 5.74) is 2.01. The van der Waals surface area contributed by atoms with Crippen LogP contribution in [0.15, 0.2) is 36.5 Å². The molecule has 1 aromatic carbocycles. The number of ether oxygens (including phenoxy) is 1. The summed E-state index contributed by atoms with van der Waals surface area (Å²) < 4.78 is 21.8. The van der Waals surface area contributed by atoms with E-state index in [0.717, 1.165) is 31.6 Å². The summed E-state index contributed by atoms with van der Waals surface area (Å²) in [6, 6.07) is 7.84. The van der Waals surface area contributed by atoms with Gasteiger partial charge in [0.25, 0.3) is 5.91 Å². The summed E-state index contributed by atoms with van der Waals surface area (Å²) in [5.74, 6) is 0.431. The highest BCUT2D eigenvalue weighted by molar-refractivity contribution is 5.95. The number of halogens is 1. The fourth-order valence-corrected chi connectivity index (χ4v) is 3.65. The lowest BCUT2D eigenvalue weighted by molar-refractivity contribution is 0.0962. The Hall–Kier alpha value is -2.96. The zero-order chi connectivity index (χ0) is 19.7. The lowest BCUT2D eigenvalue weighted by Gasteiger charge is -2.26. The van der Waals surface area contributed by atoms with Crippen molar-refractivity contribution in [3.63, 3.8) is 0 Å². The molecule has 7 heteroatoms. The molecule has 4 rings (SSSR count). The molecule has 2 heterocycles. The summed E-state index contributed by atoms with van der Waals surface area (Å²) in [5, 5.41) is 7.07. The Labute approximate surface area is 162 Å². The maximum atomic E-state index is 14.1. The molecular weight excluding hydrogens is 359 g/mol. The molecule has 1 N–H and O–H groups in total. The van der Waals surface area contributed by atoms with Crippen molar-refractivity contribution >= 4 is 11.6 Å². The largest absolute Gasteiger partial charge is 0.473 e. The number of amides is 1. The van der Waals surface area contributed by atoms with Crippen LogP contribution in [0.2, 0.25) is 0 Å². The maximum Gasteiger partial charge on any atom is 0.251 e. The molecule has 1 amide bonds. The standard InChI is InChI=1S/C21H23FN4O2/c1-13-3-5-17(6-4-13)28-20-8-7-19-24-12-18(26(19)25-20)14-9-15(21(27)23-2)11-16(22)10-14/h7-13,17H,3-6H2,1-2H3,(H,23,27). The topological polar surface area (TPSA) is 68.5 Å². The van der Waals surface area contributed by atoms with Crippen molar-refractivity contribution < 1.29 is 13.9 Å². The van der Waals surface area contributed by atoms with Crippen molar-refractivity contribution in [1.29, 1.82) is 0 Å². The van der Waals surface area contributed by atoms with Crippen molar-refractivity contribution in [2.24, 2.45) is 5.92 Å². The van der Waals surface area contributed by atoms with Crippen LogP contribution in [0.25, 0.3) is 16.9 Å². The predicted octanol–water partition coefficient (Wildman–Crippen LogP) is 3.85. The van der Waals surface area contributed by atoms with E-state index < -0.39 is 5.82 Å². The van der Waals surface area contributed by atoms with Crippen molar-refractivity contribution in [2.75, 3.05) is 7.05 Å². The number of hydrogen-bond donors (Lipinski definition) is 1. The third-order valence-electron chi connectivity index (χ3n) is 5.27. The fourth-order valence-electron chi connectivity index (χ4n) is 3.65. The Morgan fingerprint density at radius 1 is 1.21 bits per heavy atom. The molecule has 1 aliphatic carbocycles. The van der Waals surface area contributed by atoms with Crippen LogP contribution in [0, 0.1) is 11.7 Å². The first-order valence-electron chi connectivity index (χ1n) is 9.58. The Morgan fingerprint density at radius 3 is 2.75 bits per heavy atom. The highest BCUT2D eigenvalue weighted by Crippen LogP contribution is 2.28. The normalized spacial score (nSPS) is 19.5. The number of aromatic nitrogens is 3. The zero-order valence-electron chi connectivity index (χ0n) is 16.0. The van der Waals surface area contributed by atoms with E-state index >= 15 is 0 Å². The second-order valence-corrected chi connectivity index (χ2v) is 7.39. The first-order chi connectivity index (χ1) is 13.5. The number of carbonyl (C=O) groups is 1. The van der Waals surface area contributed by atoms with Gasteiger partial charge in [0.15, 0.2) is 5.65 Å². The quantitative estimate of drug-likeness (QED) is 0.744. The minimum Gasteiger partial charge on any atom is -0.473 e. The van der Waals surface area contributed by atoms with Gasteiger partial charge in [0.1, 0.15) is 11.9 Å². The number of benzene rings is 1. The van der Waals surface area contributed by atoms with Gasteiger partial charge in [-0.25, -0.2) is 13.9 Å². The minimum atomic E-state index is -0.491. The van der Waals surface area contributed by atoms with Gasteiger partial charge in [0.05, 0.1) is 11.9 Å². The van der Waals surface area contributed by atoms with Gasteiger partial charge in [-0.1, -0.05) is 6.92 Å². The molecule has 0 unspecified atom stereocenters. The van der Waals surface area contributed by atoms with Crippen LogP contribution in [0.3, 0.4) is 0 Å². The monoisotopic (exact) mass is 382 g/mol. The van der Waals surface area contributed by atoms with Crippen LogP contribution < -0.4 is 10.1 Å². The molecule has 3 aromatic rings. The second-order valence-electron chi connectivity index (χ2n) is 7.39. The van der Waals surface area contributed by atoms with E-state index in [1.54, 1.807) is 16.8 Å². The van der Waals surface area contributed by atoms with Crippen LogP contribution in [0.4, 0.5) is 4.39 Å². The predicted molar refractivity (Wildman–Crippen MR) is 104 cm³/mol. The third-order valence-corrected chi connectivity index (χ3v) is 5.27. The van der Waals surface area contributed by atoms with E-state index in [0.29, 0.717) is 22.8 Å². The van der Waals surface area contributed by atoms with Gasteiger partial charge in [0, 0.05) is 24.2 Å². The van der Waals surface area contributed by atoms with Crippen molar-refractivity contribution in [2.45, 2.75) is 38.7 Å². The smallest absolute Gasteiger partial charge is 0.251 e. The van der Waals surface area contributed by atoms with Crippen molar-refractivity contribution in [3.05, 3.63) is 47.9 Å². The van der Waals surface area contributed by atoms with Crippen LogP contribution in [-0.2, 0) is 0 Å². The SMILES string of the molecule is CNC(=O)c1cc(F)cc(-c2cnc3ccc(OC4CCC(C)CC4)nn23)c1. The fraction of sp³-hybridized carbons (Fsp3) is 0.381. The molecule has 1 fully saturated rings. The van der Waals surface area contributed by atoms with Crippen LogP contribution >= 0.6 is 0 Å². The molecule has 1 saturated carbocycles. The van der Waals surface area contributed by atoms with Gasteiger partial charge in [0.2, 0.25) is 5.88 Å². The number of nitrogens with zero attached hydrogens (tertiary/aromatic N) is 3. The molecule has 146 valence electrons. The van der Waals surface area contributed by atoms with E-state index in [4.69, 9.17) is 4.74 Å². The molecule has 28 heavy (non-hydrogen) atoms. The van der Waals surface area contributed by atoms with E-state index in [1.165, 1.54) is 19.2 Å². The molecule has 0 saturated heterocycles. The van der Waals surface area contributed by atoms with Gasteiger partial charge < -0.3 is 10.1 Å². The number of carbonyl (C=O) groups excluding carboxylic acids is 1. The number of fused-ring (bicyclic) bond motifs is 1. The molecule has 6 nitrogen and oxygen atoms in total. The summed E-state index contributed by atoms with van der Waals surface area (Å²) in [6.45, 7) is 2.27. The maximum absolute atomic E-state index is 14.1. The van der Waals surface area contributed by atoms with Crippen molar-refractivity contribution in [3.8, 4) is 17.1 Å². The van der Waals surface area contributed by atoms with Crippen LogP contribution in [-0.4, -0.2) is 33.7 Å². The molecular formula is C21H23FN4O2. The van der Waals surface area contributed by atoms with E-state index in [1.807, 2.05) is 12.1 Å². The van der Waals surface area contributed by atoms with Gasteiger partial charge in [-0.2, -0.15) is 0 Å². The first-order valence-corrected chi connectivity index (χ1v) is 9.58. The number of nitrogens with one attached hydrogen (secondary N) is 1. The van der Waals surface area contributed by atoms with Crippen LogP contribution in [0.5, 0.6) is 5.88 Å². The summed E-state index contributed by atoms with van der Waals surface area (Å²) in [6.07, 6.45) is 6.16. The Kier molecular flexibility index (Phi) is 4.98. The molecule has 1 aliphatic rings. The molecule has 0 radical (unpaired) electrons. The molecule has 2 aromatic heterocycles. The lowest BCUT2D eigenvalue weighted by atomic mass is 9.89. The summed E-state index contributed by atoms with van der Waals surface area (Å²) in [4.78, 5) is 16.3. The highest BCUT2D eigenvalue weighted by Gasteiger charge is 2.20. The van der Waals surface area contributed by atoms with Gasteiger partial charge in [-0.15, -0.1) is 5.10 Å². The molecule has 0 atom stereocenters. The van der Waals surface area contributed by atoms with Gasteiger partial charge in [-0.3, -0.25) is 4.79 Å². The minimum absolute atomic E-state index is 0.169. The molecule has 0 spiro atoms. The lowest BCUT2D eigenvalue weighted by Crippen LogP contribution is -2.23. The summed E-state index contributed by atoms with van der Waals surface area (Å²) in [7, 11) is 1.51. The Bertz CT molecular complexity index is 1010. The van der Waals surface area contributed by atoms with E-state index in [-0.39, 0.29) is 17.6 Å². The zero-order valence-corrected chi connectivity index (χ0v) is 16.0. The van der Waals surface area contributed by atoms with Gasteiger partial charge in [-0.05, 0) is 55.9 Å². The molecule has 0 bridgehead atoms. The van der Waals surface area contributed by atoms with E-state index in [2.05, 4.69) is 22.3 Å². The third kappa shape index (κ3) is 3.69. The molecule has 0 aliphatic heterocycles. The Morgan fingerprint density at radius 2 is 2.00 bits per heavy atom. The highest BCUT2D eigenvalue weighted by atomic mass is 19.1. The average molecular weight is 382 g/mol. The first kappa shape index (κ1) is 18.4. The number of imidazole rings is 1. The van der Waals surface area contributed by atoms with Crippen LogP contribution in [0.1, 0.15) is 43.0 Å². The van der Waals surface area contributed by atoms with Gasteiger partial charge >= 0.3 is 0 Å². The summed E-state index contributed by atoms with van der Waals surface area (Å²) >= 11 is 0. The Balaban J connectivity index is 1.67. The van der Waals surface area contributed by atoms with Crippen molar-refractivity contribution in [1.82, 2.24) is 19.9 Å². The number of rotatable bonds is 4. The average Bonchev–Trinajstić information content (AvgIpc) is 3.12.